The van der Waals surface area contributed by atoms with Gasteiger partial charge in [-0.25, -0.2) is 0 Å². The number of hydrogen-bond donors (Lipinski definition) is 0. The highest BCUT2D eigenvalue weighted by Crippen LogP contribution is 2.47. The maximum Gasteiger partial charge on any atom is 0.108 e. The zero-order valence-electron chi connectivity index (χ0n) is 10.2. The molecular weight excluding hydrogens is 196 g/mol. The van der Waals surface area contributed by atoms with Crippen LogP contribution in [0.3, 0.4) is 0 Å². The Labute approximate surface area is 96.8 Å². The van der Waals surface area contributed by atoms with E-state index in [0.717, 1.165) is 12.8 Å². The van der Waals surface area contributed by atoms with Gasteiger partial charge in [-0.15, -0.1) is 0 Å². The largest absolute Gasteiger partial charge is 0.469 e. The van der Waals surface area contributed by atoms with E-state index in [9.17, 15) is 0 Å². The Morgan fingerprint density at radius 1 is 1.38 bits per heavy atom. The molecular formula is C15H18O. The van der Waals surface area contributed by atoms with Gasteiger partial charge in [0.1, 0.15) is 5.76 Å². The van der Waals surface area contributed by atoms with E-state index in [0.29, 0.717) is 5.92 Å². The summed E-state index contributed by atoms with van der Waals surface area (Å²) >= 11 is 0. The highest BCUT2D eigenvalue weighted by molar-refractivity contribution is 5.38. The lowest BCUT2D eigenvalue weighted by molar-refractivity contribution is 0.244. The van der Waals surface area contributed by atoms with Gasteiger partial charge in [0.15, 0.2) is 0 Å². The zero-order valence-corrected chi connectivity index (χ0v) is 10.2. The number of fused-ring (bicyclic) bond motifs is 2. The minimum absolute atomic E-state index is 0.260. The van der Waals surface area contributed by atoms with Crippen LogP contribution in [-0.2, 0) is 12.8 Å². The molecule has 1 nitrogen and oxygen atoms in total. The van der Waals surface area contributed by atoms with E-state index in [4.69, 9.17) is 4.42 Å². The maximum absolute atomic E-state index is 5.68. The third-order valence-corrected chi connectivity index (χ3v) is 4.32. The molecule has 1 heteroatoms. The summed E-state index contributed by atoms with van der Waals surface area (Å²) in [5.41, 5.74) is 4.54. The predicted octanol–water partition coefficient (Wildman–Crippen LogP) is 3.83. The molecule has 0 N–H and O–H groups in total. The number of rotatable bonds is 0. The first-order valence-corrected chi connectivity index (χ1v) is 6.02. The Balaban J connectivity index is 2.09. The van der Waals surface area contributed by atoms with Crippen LogP contribution in [0.25, 0.3) is 0 Å². The van der Waals surface area contributed by atoms with Crippen molar-refractivity contribution in [2.24, 2.45) is 11.3 Å². The lowest BCUT2D eigenvalue weighted by Gasteiger charge is -2.41. The van der Waals surface area contributed by atoms with Crippen molar-refractivity contribution in [2.45, 2.75) is 33.6 Å². The summed E-state index contributed by atoms with van der Waals surface area (Å²) < 4.78 is 5.68. The SMILES string of the molecule is CC1=CC=C[C@]2(C)Cc3occ(C)c3CC12. The zero-order chi connectivity index (χ0) is 11.3. The minimum Gasteiger partial charge on any atom is -0.469 e. The van der Waals surface area contributed by atoms with Gasteiger partial charge in [0.2, 0.25) is 0 Å². The molecule has 2 aliphatic rings. The molecule has 16 heavy (non-hydrogen) atoms. The van der Waals surface area contributed by atoms with Gasteiger partial charge in [-0.1, -0.05) is 30.7 Å². The molecule has 0 fully saturated rings. The number of aryl methyl sites for hydroxylation is 1. The van der Waals surface area contributed by atoms with Crippen LogP contribution >= 0.6 is 0 Å². The average Bonchev–Trinajstić information content (AvgIpc) is 2.57. The molecule has 0 spiro atoms. The van der Waals surface area contributed by atoms with Gasteiger partial charge in [0.05, 0.1) is 6.26 Å². The summed E-state index contributed by atoms with van der Waals surface area (Å²) in [6.07, 6.45) is 10.9. The summed E-state index contributed by atoms with van der Waals surface area (Å²) in [5, 5.41) is 0. The van der Waals surface area contributed by atoms with Crippen LogP contribution in [0.5, 0.6) is 0 Å². The first-order chi connectivity index (χ1) is 7.60. The molecule has 0 aromatic carbocycles. The molecule has 0 amide bonds. The summed E-state index contributed by atoms with van der Waals surface area (Å²) in [6.45, 7) is 6.76. The second kappa shape index (κ2) is 3.13. The van der Waals surface area contributed by atoms with E-state index in [-0.39, 0.29) is 5.41 Å². The van der Waals surface area contributed by atoms with Crippen molar-refractivity contribution >= 4 is 0 Å². The summed E-state index contributed by atoms with van der Waals surface area (Å²) in [4.78, 5) is 0. The van der Waals surface area contributed by atoms with Crippen LogP contribution in [-0.4, -0.2) is 0 Å². The Morgan fingerprint density at radius 2 is 2.19 bits per heavy atom. The van der Waals surface area contributed by atoms with Gasteiger partial charge >= 0.3 is 0 Å². The number of hydrogen-bond acceptors (Lipinski definition) is 1. The van der Waals surface area contributed by atoms with E-state index in [1.54, 1.807) is 0 Å². The molecule has 3 rings (SSSR count). The first-order valence-electron chi connectivity index (χ1n) is 6.02. The highest BCUT2D eigenvalue weighted by Gasteiger charge is 2.40. The normalized spacial score (nSPS) is 31.9. The van der Waals surface area contributed by atoms with Crippen molar-refractivity contribution in [1.29, 1.82) is 0 Å². The molecule has 0 aliphatic heterocycles. The molecule has 84 valence electrons. The first kappa shape index (κ1) is 9.95. The van der Waals surface area contributed by atoms with Gasteiger partial charge in [-0.05, 0) is 42.7 Å². The molecule has 0 bridgehead atoms. The van der Waals surface area contributed by atoms with Crippen molar-refractivity contribution in [3.8, 4) is 0 Å². The molecule has 2 aliphatic carbocycles. The van der Waals surface area contributed by atoms with Gasteiger partial charge in [-0.2, -0.15) is 0 Å². The van der Waals surface area contributed by atoms with Crippen molar-refractivity contribution in [2.75, 3.05) is 0 Å². The van der Waals surface area contributed by atoms with Crippen LogP contribution in [0.2, 0.25) is 0 Å². The second-order valence-corrected chi connectivity index (χ2v) is 5.53. The van der Waals surface area contributed by atoms with Crippen molar-refractivity contribution in [1.82, 2.24) is 0 Å². The Morgan fingerprint density at radius 3 is 3.00 bits per heavy atom. The Kier molecular flexibility index (Phi) is 1.95. The fraction of sp³-hybridized carbons (Fsp3) is 0.467. The van der Waals surface area contributed by atoms with E-state index in [2.05, 4.69) is 39.0 Å². The molecule has 1 aromatic heterocycles. The number of furan rings is 1. The second-order valence-electron chi connectivity index (χ2n) is 5.53. The third-order valence-electron chi connectivity index (χ3n) is 4.32. The maximum atomic E-state index is 5.68. The Hall–Kier alpha value is -1.24. The predicted molar refractivity (Wildman–Crippen MR) is 65.3 cm³/mol. The van der Waals surface area contributed by atoms with Crippen molar-refractivity contribution < 1.29 is 4.42 Å². The number of allylic oxidation sites excluding steroid dienone is 4. The van der Waals surface area contributed by atoms with Crippen LogP contribution in [0, 0.1) is 18.3 Å². The van der Waals surface area contributed by atoms with Crippen molar-refractivity contribution in [3.63, 3.8) is 0 Å². The van der Waals surface area contributed by atoms with Gasteiger partial charge < -0.3 is 4.42 Å². The summed E-state index contributed by atoms with van der Waals surface area (Å²) in [7, 11) is 0. The van der Waals surface area contributed by atoms with Crippen LogP contribution in [0.15, 0.2) is 34.5 Å². The van der Waals surface area contributed by atoms with E-state index >= 15 is 0 Å². The smallest absolute Gasteiger partial charge is 0.108 e. The van der Waals surface area contributed by atoms with Gasteiger partial charge in [0, 0.05) is 6.42 Å². The standard InChI is InChI=1S/C15H18O/c1-10-5-4-6-15(3)8-14-12(7-13(10)15)11(2)9-16-14/h4-6,9,13H,7-8H2,1-3H3/t13?,15-/m1/s1. The third kappa shape index (κ3) is 1.24. The molecule has 1 aromatic rings. The fourth-order valence-corrected chi connectivity index (χ4v) is 3.24. The van der Waals surface area contributed by atoms with Crippen LogP contribution < -0.4 is 0 Å². The Bertz CT molecular complexity index is 490. The minimum atomic E-state index is 0.260. The van der Waals surface area contributed by atoms with Gasteiger partial charge in [-0.3, -0.25) is 0 Å². The molecule has 0 saturated carbocycles. The highest BCUT2D eigenvalue weighted by atomic mass is 16.3. The van der Waals surface area contributed by atoms with E-state index in [1.807, 2.05) is 6.26 Å². The quantitative estimate of drug-likeness (QED) is 0.639. The lowest BCUT2D eigenvalue weighted by atomic mass is 9.63. The molecule has 1 heterocycles. The molecule has 2 atom stereocenters. The summed E-state index contributed by atoms with van der Waals surface area (Å²) in [6, 6.07) is 0. The molecule has 0 radical (unpaired) electrons. The summed E-state index contributed by atoms with van der Waals surface area (Å²) in [5.74, 6) is 1.86. The van der Waals surface area contributed by atoms with E-state index < -0.39 is 0 Å². The van der Waals surface area contributed by atoms with Crippen LogP contribution in [0.4, 0.5) is 0 Å². The average molecular weight is 214 g/mol. The lowest BCUT2D eigenvalue weighted by Crippen LogP contribution is -2.35. The van der Waals surface area contributed by atoms with Gasteiger partial charge in [0.25, 0.3) is 0 Å². The van der Waals surface area contributed by atoms with Crippen molar-refractivity contribution in [3.05, 3.63) is 47.0 Å². The monoisotopic (exact) mass is 214 g/mol. The molecule has 0 saturated heterocycles. The molecule has 1 unspecified atom stereocenters. The topological polar surface area (TPSA) is 13.1 Å². The van der Waals surface area contributed by atoms with E-state index in [1.165, 1.54) is 22.5 Å². The fourth-order valence-electron chi connectivity index (χ4n) is 3.24. The van der Waals surface area contributed by atoms with Crippen LogP contribution in [0.1, 0.15) is 30.7 Å².